The van der Waals surface area contributed by atoms with Crippen molar-refractivity contribution < 1.29 is 9.53 Å². The highest BCUT2D eigenvalue weighted by Gasteiger charge is 2.30. The van der Waals surface area contributed by atoms with E-state index in [-0.39, 0.29) is 18.0 Å². The highest BCUT2D eigenvalue weighted by atomic mass is 16.5. The highest BCUT2D eigenvalue weighted by molar-refractivity contribution is 5.99. The molecule has 136 valence electrons. The Balaban J connectivity index is 1.57. The SMILES string of the molecule is COc1ccc(C2CC(C(=O)N/N=C(\C)c3ccc(N)cc3)NN2)cc1. The standard InChI is InChI=1S/C19H23N5O2/c1-12(13-3-7-15(20)8-4-13)21-24-19(25)18-11-17(22-23-18)14-5-9-16(26-2)10-6-14/h3-10,17-18,22-23H,11,20H2,1-2H3,(H,24,25)/b21-12+. The van der Waals surface area contributed by atoms with Crippen LogP contribution in [-0.2, 0) is 4.79 Å². The molecule has 26 heavy (non-hydrogen) atoms. The summed E-state index contributed by atoms with van der Waals surface area (Å²) in [6, 6.07) is 14.8. The molecule has 1 saturated heterocycles. The third-order valence-electron chi connectivity index (χ3n) is 4.40. The minimum atomic E-state index is -0.356. The van der Waals surface area contributed by atoms with E-state index in [9.17, 15) is 4.79 Å². The first kappa shape index (κ1) is 17.9. The number of nitrogens with zero attached hydrogens (tertiary/aromatic N) is 1. The summed E-state index contributed by atoms with van der Waals surface area (Å²) in [5, 5.41) is 4.18. The third-order valence-corrected chi connectivity index (χ3v) is 4.40. The number of carbonyl (C=O) groups is 1. The second kappa shape index (κ2) is 7.99. The molecule has 0 aromatic heterocycles. The molecule has 1 aliphatic rings. The van der Waals surface area contributed by atoms with Crippen LogP contribution in [0.15, 0.2) is 53.6 Å². The first-order valence-corrected chi connectivity index (χ1v) is 8.42. The number of anilines is 1. The van der Waals surface area contributed by atoms with Crippen molar-refractivity contribution in [2.45, 2.75) is 25.4 Å². The molecule has 2 aromatic rings. The second-order valence-corrected chi connectivity index (χ2v) is 6.20. The van der Waals surface area contributed by atoms with Gasteiger partial charge in [-0.15, -0.1) is 0 Å². The number of nitrogens with one attached hydrogen (secondary N) is 3. The zero-order valence-electron chi connectivity index (χ0n) is 14.8. The van der Waals surface area contributed by atoms with Crippen LogP contribution in [0.5, 0.6) is 5.75 Å². The predicted octanol–water partition coefficient (Wildman–Crippen LogP) is 1.73. The van der Waals surface area contributed by atoms with Crippen LogP contribution in [-0.4, -0.2) is 24.8 Å². The number of nitrogen functional groups attached to an aromatic ring is 1. The topological polar surface area (TPSA) is 101 Å². The van der Waals surface area contributed by atoms with E-state index in [0.717, 1.165) is 22.6 Å². The van der Waals surface area contributed by atoms with Gasteiger partial charge < -0.3 is 10.5 Å². The Morgan fingerprint density at radius 1 is 1.15 bits per heavy atom. The van der Waals surface area contributed by atoms with Crippen molar-refractivity contribution in [3.63, 3.8) is 0 Å². The minimum absolute atomic E-state index is 0.0545. The molecule has 0 saturated carbocycles. The van der Waals surface area contributed by atoms with Crippen molar-refractivity contribution in [2.75, 3.05) is 12.8 Å². The molecule has 5 N–H and O–H groups in total. The molecule has 1 fully saturated rings. The maximum Gasteiger partial charge on any atom is 0.258 e. The predicted molar refractivity (Wildman–Crippen MR) is 102 cm³/mol. The number of amides is 1. The zero-order chi connectivity index (χ0) is 18.5. The average molecular weight is 353 g/mol. The van der Waals surface area contributed by atoms with E-state index >= 15 is 0 Å². The fourth-order valence-corrected chi connectivity index (χ4v) is 2.79. The van der Waals surface area contributed by atoms with Gasteiger partial charge in [-0.3, -0.25) is 4.79 Å². The van der Waals surface area contributed by atoms with Crippen LogP contribution in [0.1, 0.15) is 30.5 Å². The van der Waals surface area contributed by atoms with Crippen LogP contribution in [0.3, 0.4) is 0 Å². The summed E-state index contributed by atoms with van der Waals surface area (Å²) in [7, 11) is 1.64. The van der Waals surface area contributed by atoms with Gasteiger partial charge >= 0.3 is 0 Å². The third kappa shape index (κ3) is 4.19. The van der Waals surface area contributed by atoms with Gasteiger partial charge in [-0.1, -0.05) is 24.3 Å². The summed E-state index contributed by atoms with van der Waals surface area (Å²) in [6.07, 6.45) is 0.634. The van der Waals surface area contributed by atoms with Crippen molar-refractivity contribution >= 4 is 17.3 Å². The van der Waals surface area contributed by atoms with Crippen LogP contribution >= 0.6 is 0 Å². The normalized spacial score (nSPS) is 20.0. The van der Waals surface area contributed by atoms with Gasteiger partial charge in [-0.2, -0.15) is 5.10 Å². The van der Waals surface area contributed by atoms with Gasteiger partial charge in [0.15, 0.2) is 0 Å². The van der Waals surface area contributed by atoms with E-state index in [4.69, 9.17) is 10.5 Å². The minimum Gasteiger partial charge on any atom is -0.497 e. The lowest BCUT2D eigenvalue weighted by Gasteiger charge is -2.10. The number of methoxy groups -OCH3 is 1. The van der Waals surface area contributed by atoms with E-state index < -0.39 is 0 Å². The maximum atomic E-state index is 12.4. The molecule has 1 aliphatic heterocycles. The largest absolute Gasteiger partial charge is 0.497 e. The monoisotopic (exact) mass is 353 g/mol. The molecular weight excluding hydrogens is 330 g/mol. The zero-order valence-corrected chi connectivity index (χ0v) is 14.8. The quantitative estimate of drug-likeness (QED) is 0.373. The fraction of sp³-hybridized carbons (Fsp3) is 0.263. The fourth-order valence-electron chi connectivity index (χ4n) is 2.79. The Morgan fingerprint density at radius 2 is 1.85 bits per heavy atom. The van der Waals surface area contributed by atoms with E-state index in [2.05, 4.69) is 21.4 Å². The molecule has 0 spiro atoms. The van der Waals surface area contributed by atoms with E-state index in [0.29, 0.717) is 12.1 Å². The van der Waals surface area contributed by atoms with Crippen molar-refractivity contribution in [2.24, 2.45) is 5.10 Å². The van der Waals surface area contributed by atoms with Gasteiger partial charge in [0.2, 0.25) is 0 Å². The Kier molecular flexibility index (Phi) is 5.50. The maximum absolute atomic E-state index is 12.4. The lowest BCUT2D eigenvalue weighted by molar-refractivity contribution is -0.122. The average Bonchev–Trinajstić information content (AvgIpc) is 3.17. The lowest BCUT2D eigenvalue weighted by atomic mass is 10.0. The van der Waals surface area contributed by atoms with Crippen molar-refractivity contribution in [3.05, 3.63) is 59.7 Å². The number of hydrogen-bond acceptors (Lipinski definition) is 6. The number of hydrazine groups is 1. The molecule has 0 radical (unpaired) electrons. The molecule has 2 unspecified atom stereocenters. The van der Waals surface area contributed by atoms with Gasteiger partial charge in [0.25, 0.3) is 5.91 Å². The Morgan fingerprint density at radius 3 is 2.50 bits per heavy atom. The van der Waals surface area contributed by atoms with Gasteiger partial charge in [0.1, 0.15) is 11.8 Å². The summed E-state index contributed by atoms with van der Waals surface area (Å²) >= 11 is 0. The molecule has 7 nitrogen and oxygen atoms in total. The summed E-state index contributed by atoms with van der Waals surface area (Å²) in [4.78, 5) is 12.4. The van der Waals surface area contributed by atoms with Crippen LogP contribution in [0.4, 0.5) is 5.69 Å². The van der Waals surface area contributed by atoms with Gasteiger partial charge in [-0.05, 0) is 48.7 Å². The van der Waals surface area contributed by atoms with Crippen molar-refractivity contribution in [1.82, 2.24) is 16.3 Å². The highest BCUT2D eigenvalue weighted by Crippen LogP contribution is 2.24. The van der Waals surface area contributed by atoms with Gasteiger partial charge in [0, 0.05) is 11.7 Å². The molecule has 1 amide bonds. The molecule has 3 rings (SSSR count). The summed E-state index contributed by atoms with van der Waals surface area (Å²) < 4.78 is 5.17. The number of nitrogens with two attached hydrogens (primary N) is 1. The number of benzene rings is 2. The van der Waals surface area contributed by atoms with Crippen LogP contribution in [0.2, 0.25) is 0 Å². The summed E-state index contributed by atoms with van der Waals surface area (Å²) in [5.41, 5.74) is 17.9. The number of ether oxygens (including phenoxy) is 1. The van der Waals surface area contributed by atoms with Crippen molar-refractivity contribution in [1.29, 1.82) is 0 Å². The van der Waals surface area contributed by atoms with E-state index in [1.54, 1.807) is 19.2 Å². The first-order valence-electron chi connectivity index (χ1n) is 8.42. The Labute approximate surface area is 152 Å². The smallest absolute Gasteiger partial charge is 0.258 e. The number of carbonyl (C=O) groups excluding carboxylic acids is 1. The number of rotatable bonds is 5. The number of hydrazone groups is 1. The summed E-state index contributed by atoms with van der Waals surface area (Å²) in [5.74, 6) is 0.629. The molecule has 0 bridgehead atoms. The second-order valence-electron chi connectivity index (χ2n) is 6.20. The van der Waals surface area contributed by atoms with Gasteiger partial charge in [0.05, 0.1) is 12.8 Å². The Bertz CT molecular complexity index is 787. The number of hydrogen-bond donors (Lipinski definition) is 4. The van der Waals surface area contributed by atoms with E-state index in [1.165, 1.54) is 0 Å². The first-order chi connectivity index (χ1) is 12.6. The van der Waals surface area contributed by atoms with Crippen molar-refractivity contribution in [3.8, 4) is 5.75 Å². The molecule has 1 heterocycles. The summed E-state index contributed by atoms with van der Waals surface area (Å²) in [6.45, 7) is 1.84. The van der Waals surface area contributed by atoms with Gasteiger partial charge in [-0.25, -0.2) is 16.3 Å². The molecule has 2 aromatic carbocycles. The Hall–Kier alpha value is -2.90. The molecule has 2 atom stereocenters. The molecule has 0 aliphatic carbocycles. The van der Waals surface area contributed by atoms with Crippen LogP contribution < -0.4 is 26.7 Å². The van der Waals surface area contributed by atoms with E-state index in [1.807, 2.05) is 43.3 Å². The molecular formula is C19H23N5O2. The van der Waals surface area contributed by atoms with Crippen LogP contribution in [0.25, 0.3) is 0 Å². The van der Waals surface area contributed by atoms with Crippen LogP contribution in [0, 0.1) is 0 Å². The lowest BCUT2D eigenvalue weighted by Crippen LogP contribution is -2.41. The molecule has 7 heteroatoms.